The van der Waals surface area contributed by atoms with Gasteiger partial charge in [-0.2, -0.15) is 25.8 Å². The van der Waals surface area contributed by atoms with Gasteiger partial charge in [0.2, 0.25) is 0 Å². The number of piperidine rings is 1. The third-order valence-corrected chi connectivity index (χ3v) is 3.01. The molecule has 1 saturated heterocycles. The van der Waals surface area contributed by atoms with E-state index in [1.807, 2.05) is 4.90 Å². The van der Waals surface area contributed by atoms with Crippen LogP contribution >= 0.6 is 12.6 Å². The van der Waals surface area contributed by atoms with Crippen LogP contribution in [0.15, 0.2) is 0 Å². The summed E-state index contributed by atoms with van der Waals surface area (Å²) in [6.45, 7) is 2.28. The number of nitrogens with zero attached hydrogens (tertiary/aromatic N) is 1. The van der Waals surface area contributed by atoms with E-state index in [1.165, 1.54) is 0 Å². The third-order valence-electron chi connectivity index (χ3n) is 2.68. The lowest BCUT2D eigenvalue weighted by Crippen LogP contribution is -2.54. The maximum absolute atomic E-state index is 12.4. The van der Waals surface area contributed by atoms with E-state index in [1.54, 1.807) is 6.92 Å². The van der Waals surface area contributed by atoms with E-state index >= 15 is 0 Å². The summed E-state index contributed by atoms with van der Waals surface area (Å²) < 4.78 is 37.1. The summed E-state index contributed by atoms with van der Waals surface area (Å²) in [4.78, 5) is 1.81. The highest BCUT2D eigenvalue weighted by molar-refractivity contribution is 7.80. The van der Waals surface area contributed by atoms with Crippen molar-refractivity contribution in [1.29, 1.82) is 0 Å². The van der Waals surface area contributed by atoms with Gasteiger partial charge in [-0.3, -0.25) is 4.90 Å². The van der Waals surface area contributed by atoms with Crippen molar-refractivity contribution in [3.05, 3.63) is 0 Å². The molecular weight excluding hydrogens is 215 g/mol. The van der Waals surface area contributed by atoms with E-state index in [4.69, 9.17) is 0 Å². The molecule has 1 fully saturated rings. The molecule has 1 heterocycles. The molecule has 1 aliphatic heterocycles. The van der Waals surface area contributed by atoms with Gasteiger partial charge in [-0.05, 0) is 19.8 Å². The van der Waals surface area contributed by atoms with E-state index in [-0.39, 0.29) is 31.3 Å². The third kappa shape index (κ3) is 2.35. The van der Waals surface area contributed by atoms with Gasteiger partial charge >= 0.3 is 6.18 Å². The van der Waals surface area contributed by atoms with E-state index < -0.39 is 11.8 Å². The lowest BCUT2D eigenvalue weighted by molar-refractivity contribution is -0.272. The predicted molar refractivity (Wildman–Crippen MR) is 50.3 cm³/mol. The van der Waals surface area contributed by atoms with Crippen molar-refractivity contribution in [2.24, 2.45) is 0 Å². The lowest BCUT2D eigenvalue weighted by atomic mass is 9.91. The van der Waals surface area contributed by atoms with Crippen molar-refractivity contribution in [2.75, 3.05) is 13.1 Å². The summed E-state index contributed by atoms with van der Waals surface area (Å²) in [6, 6.07) is 0. The molecule has 2 nitrogen and oxygen atoms in total. The fourth-order valence-corrected chi connectivity index (χ4v) is 1.78. The Labute approximate surface area is 86.5 Å². The molecule has 1 atom stereocenters. The zero-order chi connectivity index (χ0) is 11.0. The SMILES string of the molecule is CC(S)N1CCC(O)(C(F)(F)F)CC1. The minimum atomic E-state index is -4.51. The maximum atomic E-state index is 12.4. The maximum Gasteiger partial charge on any atom is 0.417 e. The normalized spacial score (nSPS) is 26.1. The van der Waals surface area contributed by atoms with Crippen LogP contribution in [0.2, 0.25) is 0 Å². The fraction of sp³-hybridized carbons (Fsp3) is 1.00. The van der Waals surface area contributed by atoms with Gasteiger partial charge in [-0.25, -0.2) is 0 Å². The van der Waals surface area contributed by atoms with Gasteiger partial charge in [0.25, 0.3) is 0 Å². The van der Waals surface area contributed by atoms with E-state index in [9.17, 15) is 18.3 Å². The zero-order valence-electron chi connectivity index (χ0n) is 7.88. The van der Waals surface area contributed by atoms with Gasteiger partial charge in [0.1, 0.15) is 0 Å². The topological polar surface area (TPSA) is 23.5 Å². The summed E-state index contributed by atoms with van der Waals surface area (Å²) >= 11 is 4.13. The highest BCUT2D eigenvalue weighted by Gasteiger charge is 2.54. The number of thiol groups is 1. The Morgan fingerprint density at radius 1 is 1.36 bits per heavy atom. The molecular formula is C8H14F3NOS. The van der Waals surface area contributed by atoms with Crippen molar-refractivity contribution >= 4 is 12.6 Å². The zero-order valence-corrected chi connectivity index (χ0v) is 8.78. The van der Waals surface area contributed by atoms with Crippen LogP contribution < -0.4 is 0 Å². The molecule has 6 heteroatoms. The average molecular weight is 229 g/mol. The molecule has 0 amide bonds. The highest BCUT2D eigenvalue weighted by Crippen LogP contribution is 2.38. The van der Waals surface area contributed by atoms with Gasteiger partial charge < -0.3 is 5.11 Å². The first-order valence-electron chi connectivity index (χ1n) is 4.47. The Morgan fingerprint density at radius 3 is 2.07 bits per heavy atom. The van der Waals surface area contributed by atoms with Crippen molar-refractivity contribution in [3.63, 3.8) is 0 Å². The monoisotopic (exact) mass is 229 g/mol. The minimum Gasteiger partial charge on any atom is -0.380 e. The van der Waals surface area contributed by atoms with Crippen molar-refractivity contribution in [1.82, 2.24) is 4.90 Å². The van der Waals surface area contributed by atoms with Crippen molar-refractivity contribution < 1.29 is 18.3 Å². The highest BCUT2D eigenvalue weighted by atomic mass is 32.1. The molecule has 0 aromatic rings. The molecule has 84 valence electrons. The smallest absolute Gasteiger partial charge is 0.380 e. The van der Waals surface area contributed by atoms with Gasteiger partial charge in [0.15, 0.2) is 5.60 Å². The summed E-state index contributed by atoms with van der Waals surface area (Å²) in [5.74, 6) is 0. The quantitative estimate of drug-likeness (QED) is 0.668. The molecule has 1 aliphatic rings. The van der Waals surface area contributed by atoms with Gasteiger partial charge in [-0.15, -0.1) is 0 Å². The van der Waals surface area contributed by atoms with Gasteiger partial charge in [-0.1, -0.05) is 0 Å². The van der Waals surface area contributed by atoms with E-state index in [2.05, 4.69) is 12.6 Å². The Balaban J connectivity index is 2.58. The number of rotatable bonds is 1. The lowest BCUT2D eigenvalue weighted by Gasteiger charge is -2.40. The first kappa shape index (κ1) is 12.1. The molecule has 0 aromatic carbocycles. The molecule has 0 spiro atoms. The van der Waals surface area contributed by atoms with Crippen LogP contribution in [-0.2, 0) is 0 Å². The Morgan fingerprint density at radius 2 is 1.79 bits per heavy atom. The van der Waals surface area contributed by atoms with Crippen LogP contribution in [0.1, 0.15) is 19.8 Å². The van der Waals surface area contributed by atoms with Gasteiger partial charge in [0, 0.05) is 18.5 Å². The molecule has 1 N–H and O–H groups in total. The van der Waals surface area contributed by atoms with E-state index in [0.717, 1.165) is 0 Å². The first-order chi connectivity index (χ1) is 6.26. The first-order valence-corrected chi connectivity index (χ1v) is 4.99. The number of aliphatic hydroxyl groups is 1. The minimum absolute atomic E-state index is 0.0622. The molecule has 0 saturated carbocycles. The number of hydrogen-bond donors (Lipinski definition) is 2. The van der Waals surface area contributed by atoms with Crippen LogP contribution in [0.3, 0.4) is 0 Å². The number of alkyl halides is 3. The Bertz CT molecular complexity index is 199. The summed E-state index contributed by atoms with van der Waals surface area (Å²) in [7, 11) is 0. The van der Waals surface area contributed by atoms with E-state index in [0.29, 0.717) is 0 Å². The van der Waals surface area contributed by atoms with Crippen LogP contribution in [-0.4, -0.2) is 40.2 Å². The Kier molecular flexibility index (Phi) is 3.38. The molecule has 0 aromatic heterocycles. The van der Waals surface area contributed by atoms with Crippen LogP contribution in [0.25, 0.3) is 0 Å². The molecule has 1 unspecified atom stereocenters. The molecule has 0 bridgehead atoms. The van der Waals surface area contributed by atoms with Gasteiger partial charge in [0.05, 0.1) is 0 Å². The van der Waals surface area contributed by atoms with Crippen molar-refractivity contribution in [3.8, 4) is 0 Å². The molecule has 0 radical (unpaired) electrons. The largest absolute Gasteiger partial charge is 0.417 e. The Hall–Kier alpha value is 0.0600. The second-order valence-corrected chi connectivity index (χ2v) is 4.44. The summed E-state index contributed by atoms with van der Waals surface area (Å²) in [5.41, 5.74) is -2.49. The molecule has 0 aliphatic carbocycles. The fourth-order valence-electron chi connectivity index (χ4n) is 1.55. The molecule has 14 heavy (non-hydrogen) atoms. The van der Waals surface area contributed by atoms with Crippen LogP contribution in [0.5, 0.6) is 0 Å². The summed E-state index contributed by atoms with van der Waals surface area (Å²) in [6.07, 6.45) is -5.04. The second-order valence-electron chi connectivity index (χ2n) is 3.70. The number of hydrogen-bond acceptors (Lipinski definition) is 3. The number of likely N-dealkylation sites (tertiary alicyclic amines) is 1. The van der Waals surface area contributed by atoms with Crippen molar-refractivity contribution in [2.45, 2.75) is 36.9 Å². The van der Waals surface area contributed by atoms with Crippen LogP contribution in [0, 0.1) is 0 Å². The second kappa shape index (κ2) is 3.90. The standard InChI is InChI=1S/C8H14F3NOS/c1-6(14)12-4-2-7(13,3-5-12)8(9,10)11/h6,13-14H,2-5H2,1H3. The average Bonchev–Trinajstić information content (AvgIpc) is 2.03. The predicted octanol–water partition coefficient (Wildman–Crippen LogP) is 1.65. The van der Waals surface area contributed by atoms with Crippen LogP contribution in [0.4, 0.5) is 13.2 Å². The summed E-state index contributed by atoms with van der Waals surface area (Å²) in [5, 5.41) is 9.27. The molecule has 1 rings (SSSR count). The number of halogens is 3.